The van der Waals surface area contributed by atoms with E-state index in [1.54, 1.807) is 19.2 Å². The standard InChI is InChI=1S/C27H23FN2O3/c1-27(2)15-32-26(30-27)19-6-4-5-17(13-19)18-9-12-22-21(14-18)23(25(31)29-3)24(33-22)16-7-10-20(28)11-8-16/h4-14H,15H2,1-3H3,(H,29,31). The maximum Gasteiger partial charge on any atom is 0.255 e. The summed E-state index contributed by atoms with van der Waals surface area (Å²) in [4.78, 5) is 17.5. The van der Waals surface area contributed by atoms with E-state index in [-0.39, 0.29) is 17.3 Å². The molecule has 0 saturated carbocycles. The molecule has 0 spiro atoms. The van der Waals surface area contributed by atoms with Crippen LogP contribution in [0.3, 0.4) is 0 Å². The third-order valence-corrected chi connectivity index (χ3v) is 5.66. The van der Waals surface area contributed by atoms with Crippen LogP contribution in [0.5, 0.6) is 0 Å². The molecule has 166 valence electrons. The number of aliphatic imine (C=N–C) groups is 1. The van der Waals surface area contributed by atoms with Crippen molar-refractivity contribution in [2.24, 2.45) is 4.99 Å². The number of nitrogens with one attached hydrogen (secondary N) is 1. The number of hydrogen-bond donors (Lipinski definition) is 1. The van der Waals surface area contributed by atoms with Crippen molar-refractivity contribution in [1.29, 1.82) is 0 Å². The number of carbonyl (C=O) groups is 1. The van der Waals surface area contributed by atoms with Gasteiger partial charge in [-0.2, -0.15) is 0 Å². The molecule has 0 fully saturated rings. The first kappa shape index (κ1) is 20.9. The van der Waals surface area contributed by atoms with Crippen LogP contribution in [-0.4, -0.2) is 31.0 Å². The van der Waals surface area contributed by atoms with Gasteiger partial charge < -0.3 is 14.5 Å². The number of amides is 1. The molecule has 5 nitrogen and oxygen atoms in total. The average molecular weight is 442 g/mol. The van der Waals surface area contributed by atoms with Crippen LogP contribution in [0.15, 0.2) is 76.1 Å². The average Bonchev–Trinajstić information content (AvgIpc) is 3.38. The molecule has 0 unspecified atom stereocenters. The summed E-state index contributed by atoms with van der Waals surface area (Å²) in [5, 5.41) is 3.38. The predicted molar refractivity (Wildman–Crippen MR) is 127 cm³/mol. The van der Waals surface area contributed by atoms with Crippen LogP contribution in [-0.2, 0) is 4.74 Å². The molecule has 0 bridgehead atoms. The summed E-state index contributed by atoms with van der Waals surface area (Å²) >= 11 is 0. The monoisotopic (exact) mass is 442 g/mol. The highest BCUT2D eigenvalue weighted by Crippen LogP contribution is 2.36. The molecule has 1 N–H and O–H groups in total. The van der Waals surface area contributed by atoms with E-state index in [9.17, 15) is 9.18 Å². The van der Waals surface area contributed by atoms with Gasteiger partial charge in [-0.25, -0.2) is 9.38 Å². The van der Waals surface area contributed by atoms with Crippen molar-refractivity contribution >= 4 is 22.8 Å². The Hall–Kier alpha value is -3.93. The molecule has 2 heterocycles. The van der Waals surface area contributed by atoms with Crippen molar-refractivity contribution < 1.29 is 18.3 Å². The lowest BCUT2D eigenvalue weighted by Crippen LogP contribution is -2.18. The van der Waals surface area contributed by atoms with Crippen LogP contribution in [0.1, 0.15) is 29.8 Å². The van der Waals surface area contributed by atoms with E-state index >= 15 is 0 Å². The fourth-order valence-corrected chi connectivity index (χ4v) is 4.00. The van der Waals surface area contributed by atoms with Gasteiger partial charge in [-0.3, -0.25) is 4.79 Å². The number of furan rings is 1. The molecule has 6 heteroatoms. The predicted octanol–water partition coefficient (Wildman–Crippen LogP) is 5.82. The second-order valence-electron chi connectivity index (χ2n) is 8.70. The van der Waals surface area contributed by atoms with Crippen molar-refractivity contribution in [3.8, 4) is 22.5 Å². The van der Waals surface area contributed by atoms with E-state index in [0.29, 0.717) is 40.4 Å². The highest BCUT2D eigenvalue weighted by Gasteiger charge is 2.27. The Morgan fingerprint density at radius 2 is 1.67 bits per heavy atom. The lowest BCUT2D eigenvalue weighted by Gasteiger charge is -2.07. The van der Waals surface area contributed by atoms with Gasteiger partial charge in [-0.15, -0.1) is 0 Å². The summed E-state index contributed by atoms with van der Waals surface area (Å²) in [6.45, 7) is 4.63. The lowest BCUT2D eigenvalue weighted by atomic mass is 9.99. The maximum absolute atomic E-state index is 13.4. The van der Waals surface area contributed by atoms with Crippen LogP contribution < -0.4 is 5.32 Å². The summed E-state index contributed by atoms with van der Waals surface area (Å²) in [6.07, 6.45) is 0. The number of rotatable bonds is 4. The van der Waals surface area contributed by atoms with Gasteiger partial charge in [0, 0.05) is 23.6 Å². The zero-order valence-electron chi connectivity index (χ0n) is 18.6. The van der Waals surface area contributed by atoms with Gasteiger partial charge in [0.25, 0.3) is 5.91 Å². The zero-order chi connectivity index (χ0) is 23.2. The van der Waals surface area contributed by atoms with Gasteiger partial charge in [0.05, 0.1) is 11.1 Å². The van der Waals surface area contributed by atoms with Crippen LogP contribution in [0.2, 0.25) is 0 Å². The van der Waals surface area contributed by atoms with Crippen LogP contribution in [0, 0.1) is 5.82 Å². The number of benzene rings is 3. The van der Waals surface area contributed by atoms with E-state index in [0.717, 1.165) is 16.7 Å². The van der Waals surface area contributed by atoms with E-state index in [4.69, 9.17) is 9.15 Å². The first-order chi connectivity index (χ1) is 15.8. The highest BCUT2D eigenvalue weighted by molar-refractivity contribution is 6.11. The molecular formula is C27H23FN2O3. The van der Waals surface area contributed by atoms with Crippen molar-refractivity contribution in [1.82, 2.24) is 5.32 Å². The molecule has 0 saturated heterocycles. The van der Waals surface area contributed by atoms with Crippen molar-refractivity contribution in [3.05, 3.63) is 83.7 Å². The first-order valence-corrected chi connectivity index (χ1v) is 10.7. The van der Waals surface area contributed by atoms with Crippen LogP contribution in [0.25, 0.3) is 33.4 Å². The molecule has 0 aliphatic carbocycles. The Morgan fingerprint density at radius 3 is 2.36 bits per heavy atom. The third kappa shape index (κ3) is 3.89. The molecular weight excluding hydrogens is 419 g/mol. The maximum atomic E-state index is 13.4. The Labute approximate surface area is 190 Å². The Morgan fingerprint density at radius 1 is 0.970 bits per heavy atom. The first-order valence-electron chi connectivity index (χ1n) is 10.7. The number of nitrogens with zero attached hydrogens (tertiary/aromatic N) is 1. The molecule has 5 rings (SSSR count). The molecule has 4 aromatic rings. The molecule has 1 amide bonds. The van der Waals surface area contributed by atoms with Gasteiger partial charge in [0.2, 0.25) is 5.90 Å². The van der Waals surface area contributed by atoms with E-state index in [2.05, 4.69) is 10.3 Å². The fraction of sp³-hybridized carbons (Fsp3) is 0.185. The highest BCUT2D eigenvalue weighted by atomic mass is 19.1. The molecule has 1 aliphatic heterocycles. The molecule has 33 heavy (non-hydrogen) atoms. The summed E-state index contributed by atoms with van der Waals surface area (Å²) in [5.41, 5.74) is 4.20. The zero-order valence-corrected chi connectivity index (χ0v) is 18.6. The molecule has 3 aromatic carbocycles. The SMILES string of the molecule is CNC(=O)c1c(-c2ccc(F)cc2)oc2ccc(-c3cccc(C4=NC(C)(C)CO4)c3)cc12. The van der Waals surface area contributed by atoms with E-state index in [1.807, 2.05) is 56.3 Å². The smallest absolute Gasteiger partial charge is 0.255 e. The van der Waals surface area contributed by atoms with Crippen LogP contribution >= 0.6 is 0 Å². The number of fused-ring (bicyclic) bond motifs is 1. The summed E-state index contributed by atoms with van der Waals surface area (Å²) in [6, 6.07) is 19.6. The molecule has 0 atom stereocenters. The summed E-state index contributed by atoms with van der Waals surface area (Å²) in [7, 11) is 1.58. The summed E-state index contributed by atoms with van der Waals surface area (Å²) < 4.78 is 25.3. The minimum atomic E-state index is -0.349. The largest absolute Gasteiger partial charge is 0.475 e. The third-order valence-electron chi connectivity index (χ3n) is 5.66. The molecule has 0 radical (unpaired) electrons. The fourth-order valence-electron chi connectivity index (χ4n) is 4.00. The van der Waals surface area contributed by atoms with Gasteiger partial charge in [0.1, 0.15) is 23.8 Å². The van der Waals surface area contributed by atoms with Crippen molar-refractivity contribution in [2.45, 2.75) is 19.4 Å². The second kappa shape index (κ2) is 7.89. The minimum Gasteiger partial charge on any atom is -0.475 e. The van der Waals surface area contributed by atoms with Gasteiger partial charge in [-0.1, -0.05) is 18.2 Å². The Kier molecular flexibility index (Phi) is 5.01. The molecule has 1 aliphatic rings. The molecule has 1 aromatic heterocycles. The van der Waals surface area contributed by atoms with Crippen molar-refractivity contribution in [3.63, 3.8) is 0 Å². The number of carbonyl (C=O) groups excluding carboxylic acids is 1. The normalized spacial score (nSPS) is 14.7. The Balaban J connectivity index is 1.62. The second-order valence-corrected chi connectivity index (χ2v) is 8.70. The van der Waals surface area contributed by atoms with Gasteiger partial charge in [-0.05, 0) is 73.5 Å². The number of ether oxygens (including phenoxy) is 1. The van der Waals surface area contributed by atoms with Crippen molar-refractivity contribution in [2.75, 3.05) is 13.7 Å². The summed E-state index contributed by atoms with van der Waals surface area (Å²) in [5.74, 6) is 0.426. The number of hydrogen-bond acceptors (Lipinski definition) is 4. The minimum absolute atomic E-state index is 0.236. The van der Waals surface area contributed by atoms with E-state index in [1.165, 1.54) is 12.1 Å². The van der Waals surface area contributed by atoms with Gasteiger partial charge >= 0.3 is 0 Å². The Bertz CT molecular complexity index is 1400. The van der Waals surface area contributed by atoms with Gasteiger partial charge in [0.15, 0.2) is 0 Å². The van der Waals surface area contributed by atoms with Crippen LogP contribution in [0.4, 0.5) is 4.39 Å². The van der Waals surface area contributed by atoms with E-state index < -0.39 is 0 Å². The number of halogens is 1. The topological polar surface area (TPSA) is 63.8 Å². The lowest BCUT2D eigenvalue weighted by molar-refractivity contribution is 0.0964. The quantitative estimate of drug-likeness (QED) is 0.433.